The van der Waals surface area contributed by atoms with E-state index in [4.69, 9.17) is 0 Å². The third kappa shape index (κ3) is 0.759. The van der Waals surface area contributed by atoms with Gasteiger partial charge in [-0.05, 0) is 36.3 Å². The molecule has 2 bridgehead atoms. The Labute approximate surface area is 80.0 Å². The summed E-state index contributed by atoms with van der Waals surface area (Å²) in [6.07, 6.45) is 3.39. The Morgan fingerprint density at radius 2 is 2.17 bits per heavy atom. The third-order valence-electron chi connectivity index (χ3n) is 4.67. The number of hydrogen-bond acceptors (Lipinski definition) is 2. The van der Waals surface area contributed by atoms with Gasteiger partial charge < -0.3 is 5.11 Å². The molecule has 12 heavy (non-hydrogen) atoms. The normalized spacial score (nSPS) is 50.0. The van der Waals surface area contributed by atoms with Crippen molar-refractivity contribution in [1.29, 1.82) is 0 Å². The fourth-order valence-electron chi connectivity index (χ4n) is 3.41. The zero-order valence-corrected chi connectivity index (χ0v) is 8.77. The Morgan fingerprint density at radius 1 is 1.50 bits per heavy atom. The van der Waals surface area contributed by atoms with Crippen LogP contribution in [0.25, 0.3) is 0 Å². The van der Waals surface area contributed by atoms with Crippen LogP contribution in [-0.4, -0.2) is 17.0 Å². The molecule has 2 saturated carbocycles. The van der Waals surface area contributed by atoms with Crippen molar-refractivity contribution in [2.75, 3.05) is 5.75 Å². The van der Waals surface area contributed by atoms with Crippen molar-refractivity contribution in [3.05, 3.63) is 0 Å². The second kappa shape index (κ2) is 2.42. The lowest BCUT2D eigenvalue weighted by Crippen LogP contribution is -2.40. The van der Waals surface area contributed by atoms with Crippen molar-refractivity contribution >= 4 is 12.6 Å². The van der Waals surface area contributed by atoms with Crippen LogP contribution in [-0.2, 0) is 0 Å². The average molecular weight is 186 g/mol. The van der Waals surface area contributed by atoms with Crippen LogP contribution in [0.3, 0.4) is 0 Å². The number of aliphatic hydroxyl groups is 1. The van der Waals surface area contributed by atoms with Gasteiger partial charge in [-0.15, -0.1) is 0 Å². The first kappa shape index (κ1) is 8.89. The Balaban J connectivity index is 2.39. The van der Waals surface area contributed by atoms with E-state index < -0.39 is 0 Å². The van der Waals surface area contributed by atoms with E-state index in [9.17, 15) is 5.11 Å². The van der Waals surface area contributed by atoms with Crippen molar-refractivity contribution in [2.24, 2.45) is 16.7 Å². The molecule has 2 rings (SSSR count). The highest BCUT2D eigenvalue weighted by molar-refractivity contribution is 7.80. The standard InChI is InChI=1S/C10H18OS/c1-9(2)7-3-4-10(9,6-12)8(11)5-7/h7-8,11-12H,3-6H2,1-2H3/t7?,8-,10+/m0/s1. The molecule has 0 aromatic heterocycles. The maximum absolute atomic E-state index is 9.96. The molecular weight excluding hydrogens is 168 g/mol. The number of hydrogen-bond donors (Lipinski definition) is 2. The largest absolute Gasteiger partial charge is 0.392 e. The van der Waals surface area contributed by atoms with E-state index in [1.807, 2.05) is 0 Å². The second-order valence-electron chi connectivity index (χ2n) is 5.02. The molecule has 0 aliphatic heterocycles. The molecule has 0 amide bonds. The second-order valence-corrected chi connectivity index (χ2v) is 5.34. The summed E-state index contributed by atoms with van der Waals surface area (Å²) in [6.45, 7) is 4.61. The highest BCUT2D eigenvalue weighted by atomic mass is 32.1. The van der Waals surface area contributed by atoms with Crippen molar-refractivity contribution in [3.63, 3.8) is 0 Å². The summed E-state index contributed by atoms with van der Waals surface area (Å²) in [5.41, 5.74) is 0.439. The topological polar surface area (TPSA) is 20.2 Å². The molecule has 1 N–H and O–H groups in total. The number of thiol groups is 1. The number of fused-ring (bicyclic) bond motifs is 2. The fourth-order valence-corrected chi connectivity index (χ4v) is 4.19. The highest BCUT2D eigenvalue weighted by Crippen LogP contribution is 2.65. The Bertz CT molecular complexity index is 202. The van der Waals surface area contributed by atoms with Gasteiger partial charge in [0.05, 0.1) is 6.10 Å². The lowest BCUT2D eigenvalue weighted by molar-refractivity contribution is 0.0171. The molecular formula is C10H18OS. The predicted octanol–water partition coefficient (Wildman–Crippen LogP) is 2.10. The summed E-state index contributed by atoms with van der Waals surface area (Å²) in [7, 11) is 0. The van der Waals surface area contributed by atoms with Crippen LogP contribution >= 0.6 is 12.6 Å². The molecule has 70 valence electrons. The molecule has 2 heteroatoms. The van der Waals surface area contributed by atoms with Crippen LogP contribution in [0.4, 0.5) is 0 Å². The van der Waals surface area contributed by atoms with Crippen LogP contribution in [0, 0.1) is 16.7 Å². The summed E-state index contributed by atoms with van der Waals surface area (Å²) >= 11 is 4.42. The van der Waals surface area contributed by atoms with Crippen LogP contribution in [0.2, 0.25) is 0 Å². The van der Waals surface area contributed by atoms with Gasteiger partial charge in [0.25, 0.3) is 0 Å². The van der Waals surface area contributed by atoms with Gasteiger partial charge in [-0.2, -0.15) is 12.6 Å². The third-order valence-corrected chi connectivity index (χ3v) is 5.23. The van der Waals surface area contributed by atoms with Gasteiger partial charge >= 0.3 is 0 Å². The van der Waals surface area contributed by atoms with Crippen molar-refractivity contribution in [3.8, 4) is 0 Å². The molecule has 2 fully saturated rings. The summed E-state index contributed by atoms with van der Waals surface area (Å²) in [5.74, 6) is 1.58. The molecule has 0 saturated heterocycles. The molecule has 1 nitrogen and oxygen atoms in total. The van der Waals surface area contributed by atoms with E-state index in [1.165, 1.54) is 12.8 Å². The smallest absolute Gasteiger partial charge is 0.0612 e. The van der Waals surface area contributed by atoms with Gasteiger partial charge in [0.15, 0.2) is 0 Å². The minimum atomic E-state index is -0.0938. The molecule has 0 spiro atoms. The van der Waals surface area contributed by atoms with Gasteiger partial charge in [0, 0.05) is 5.41 Å². The monoisotopic (exact) mass is 186 g/mol. The number of aliphatic hydroxyl groups excluding tert-OH is 1. The Kier molecular flexibility index (Phi) is 1.79. The lowest BCUT2D eigenvalue weighted by Gasteiger charge is -2.39. The first-order valence-corrected chi connectivity index (χ1v) is 5.47. The van der Waals surface area contributed by atoms with Crippen LogP contribution in [0.1, 0.15) is 33.1 Å². The highest BCUT2D eigenvalue weighted by Gasteiger charge is 2.62. The fraction of sp³-hybridized carbons (Fsp3) is 1.00. The average Bonchev–Trinajstić information content (AvgIpc) is 2.36. The minimum absolute atomic E-state index is 0.0938. The number of rotatable bonds is 1. The van der Waals surface area contributed by atoms with E-state index in [-0.39, 0.29) is 11.5 Å². The molecule has 3 atom stereocenters. The zero-order chi connectivity index (χ0) is 8.98. The van der Waals surface area contributed by atoms with E-state index in [0.29, 0.717) is 5.41 Å². The lowest BCUT2D eigenvalue weighted by atomic mass is 9.70. The van der Waals surface area contributed by atoms with E-state index in [1.54, 1.807) is 0 Å². The minimum Gasteiger partial charge on any atom is -0.392 e. The Hall–Kier alpha value is 0.310. The molecule has 0 aromatic rings. The Morgan fingerprint density at radius 3 is 2.42 bits per heavy atom. The SMILES string of the molecule is CC1(C)C2CC[C@@]1(CS)[C@@H](O)C2. The van der Waals surface area contributed by atoms with Crippen LogP contribution in [0.5, 0.6) is 0 Å². The predicted molar refractivity (Wildman–Crippen MR) is 53.4 cm³/mol. The van der Waals surface area contributed by atoms with Crippen molar-refractivity contribution in [2.45, 2.75) is 39.2 Å². The van der Waals surface area contributed by atoms with Gasteiger partial charge in [-0.3, -0.25) is 0 Å². The quantitative estimate of drug-likeness (QED) is 0.601. The maximum atomic E-state index is 9.96. The molecule has 0 heterocycles. The molecule has 0 radical (unpaired) electrons. The van der Waals surface area contributed by atoms with Gasteiger partial charge in [0.1, 0.15) is 0 Å². The molecule has 2 aliphatic carbocycles. The summed E-state index contributed by atoms with van der Waals surface area (Å²) in [5, 5.41) is 9.96. The van der Waals surface area contributed by atoms with Crippen molar-refractivity contribution < 1.29 is 5.11 Å². The van der Waals surface area contributed by atoms with Gasteiger partial charge in [-0.25, -0.2) is 0 Å². The molecule has 2 aliphatic rings. The maximum Gasteiger partial charge on any atom is 0.0612 e. The summed E-state index contributed by atoms with van der Waals surface area (Å²) < 4.78 is 0. The summed E-state index contributed by atoms with van der Waals surface area (Å²) in [6, 6.07) is 0. The van der Waals surface area contributed by atoms with Gasteiger partial charge in [0.2, 0.25) is 0 Å². The molecule has 1 unspecified atom stereocenters. The van der Waals surface area contributed by atoms with Crippen LogP contribution in [0.15, 0.2) is 0 Å². The first-order chi connectivity index (χ1) is 5.54. The first-order valence-electron chi connectivity index (χ1n) is 4.83. The zero-order valence-electron chi connectivity index (χ0n) is 7.88. The van der Waals surface area contributed by atoms with Gasteiger partial charge in [-0.1, -0.05) is 13.8 Å². The van der Waals surface area contributed by atoms with E-state index in [0.717, 1.165) is 18.1 Å². The van der Waals surface area contributed by atoms with Crippen molar-refractivity contribution in [1.82, 2.24) is 0 Å². The van der Waals surface area contributed by atoms with E-state index >= 15 is 0 Å². The van der Waals surface area contributed by atoms with E-state index in [2.05, 4.69) is 26.5 Å². The summed E-state index contributed by atoms with van der Waals surface area (Å²) in [4.78, 5) is 0. The molecule has 0 aromatic carbocycles. The van der Waals surface area contributed by atoms with Crippen LogP contribution < -0.4 is 0 Å².